The van der Waals surface area contributed by atoms with E-state index in [9.17, 15) is 9.59 Å². The molecule has 1 fully saturated rings. The zero-order valence-electron chi connectivity index (χ0n) is 12.2. The van der Waals surface area contributed by atoms with Crippen molar-refractivity contribution >= 4 is 29.5 Å². The number of anilines is 2. The van der Waals surface area contributed by atoms with Gasteiger partial charge in [0.25, 0.3) is 11.8 Å². The molecule has 1 aromatic carbocycles. The highest BCUT2D eigenvalue weighted by Crippen LogP contribution is 2.23. The summed E-state index contributed by atoms with van der Waals surface area (Å²) in [6, 6.07) is 12.4. The molecule has 1 saturated heterocycles. The molecule has 2 aromatic rings. The van der Waals surface area contributed by atoms with Crippen LogP contribution in [0.1, 0.15) is 5.76 Å². The molecule has 2 amide bonds. The van der Waals surface area contributed by atoms with Gasteiger partial charge in [0.15, 0.2) is 5.88 Å². The summed E-state index contributed by atoms with van der Waals surface area (Å²) in [6.45, 7) is 0. The summed E-state index contributed by atoms with van der Waals surface area (Å²) < 4.78 is 5.54. The lowest BCUT2D eigenvalue weighted by Crippen LogP contribution is -2.35. The van der Waals surface area contributed by atoms with E-state index in [-0.39, 0.29) is 5.57 Å². The van der Waals surface area contributed by atoms with E-state index < -0.39 is 11.8 Å². The molecule has 0 spiro atoms. The topological polar surface area (TPSA) is 65.8 Å². The molecule has 0 atom stereocenters. The minimum atomic E-state index is -0.448. The SMILES string of the molecule is CN(C)c1ccc(C=C2C(=O)NN(c3ccccc3)C2=O)o1. The maximum atomic E-state index is 12.4. The Hall–Kier alpha value is -3.02. The van der Waals surface area contributed by atoms with Gasteiger partial charge >= 0.3 is 0 Å². The number of hydrogen-bond donors (Lipinski definition) is 1. The third kappa shape index (κ3) is 2.46. The largest absolute Gasteiger partial charge is 0.441 e. The summed E-state index contributed by atoms with van der Waals surface area (Å²) in [5.74, 6) is 0.255. The Balaban J connectivity index is 1.89. The lowest BCUT2D eigenvalue weighted by Gasteiger charge is -2.13. The lowest BCUT2D eigenvalue weighted by molar-refractivity contribution is -0.117. The van der Waals surface area contributed by atoms with Gasteiger partial charge < -0.3 is 9.32 Å². The second kappa shape index (κ2) is 5.40. The van der Waals surface area contributed by atoms with Crippen LogP contribution in [0.25, 0.3) is 6.08 Å². The molecule has 0 aliphatic carbocycles. The van der Waals surface area contributed by atoms with Gasteiger partial charge in [-0.3, -0.25) is 15.0 Å². The number of carbonyl (C=O) groups excluding carboxylic acids is 2. The quantitative estimate of drug-likeness (QED) is 0.693. The standard InChI is InChI=1S/C16H15N3O3/c1-18(2)14-9-8-12(22-14)10-13-15(20)17-19(16(13)21)11-6-4-3-5-7-11/h3-10H,1-2H3,(H,17,20). The van der Waals surface area contributed by atoms with E-state index in [0.29, 0.717) is 17.3 Å². The van der Waals surface area contributed by atoms with Gasteiger partial charge in [0.1, 0.15) is 11.3 Å². The molecule has 0 saturated carbocycles. The maximum absolute atomic E-state index is 12.4. The highest BCUT2D eigenvalue weighted by molar-refractivity contribution is 6.31. The van der Waals surface area contributed by atoms with Crippen molar-refractivity contribution in [3.05, 3.63) is 53.8 Å². The lowest BCUT2D eigenvalue weighted by atomic mass is 10.2. The summed E-state index contributed by atoms with van der Waals surface area (Å²) >= 11 is 0. The predicted octanol–water partition coefficient (Wildman–Crippen LogP) is 1.81. The number of carbonyl (C=O) groups is 2. The molecule has 1 aliphatic heterocycles. The summed E-state index contributed by atoms with van der Waals surface area (Å²) in [7, 11) is 3.70. The number of furan rings is 1. The Labute approximate surface area is 127 Å². The molecule has 0 unspecified atom stereocenters. The van der Waals surface area contributed by atoms with Crippen molar-refractivity contribution in [2.75, 3.05) is 24.0 Å². The van der Waals surface area contributed by atoms with E-state index >= 15 is 0 Å². The van der Waals surface area contributed by atoms with Crippen LogP contribution in [-0.2, 0) is 9.59 Å². The summed E-state index contributed by atoms with van der Waals surface area (Å²) in [5, 5.41) is 1.23. The number of para-hydroxylation sites is 1. The minimum Gasteiger partial charge on any atom is -0.441 e. The number of nitrogens with zero attached hydrogens (tertiary/aromatic N) is 2. The molecule has 1 N–H and O–H groups in total. The molecule has 6 heteroatoms. The summed E-state index contributed by atoms with van der Waals surface area (Å²) in [6.07, 6.45) is 1.45. The number of hydrazine groups is 1. The first-order chi connectivity index (χ1) is 10.6. The predicted molar refractivity (Wildman–Crippen MR) is 83.1 cm³/mol. The normalized spacial score (nSPS) is 16.3. The fraction of sp³-hybridized carbons (Fsp3) is 0.125. The molecule has 112 valence electrons. The van der Waals surface area contributed by atoms with Crippen LogP contribution >= 0.6 is 0 Å². The van der Waals surface area contributed by atoms with E-state index in [2.05, 4.69) is 5.43 Å². The Bertz CT molecular complexity index is 747. The zero-order chi connectivity index (χ0) is 15.7. The van der Waals surface area contributed by atoms with Gasteiger partial charge in [-0.1, -0.05) is 18.2 Å². The first kappa shape index (κ1) is 13.9. The fourth-order valence-electron chi connectivity index (χ4n) is 2.12. The highest BCUT2D eigenvalue weighted by atomic mass is 16.4. The number of amides is 2. The van der Waals surface area contributed by atoms with Crippen LogP contribution in [0.3, 0.4) is 0 Å². The van der Waals surface area contributed by atoms with Crippen LogP contribution < -0.4 is 15.3 Å². The Morgan fingerprint density at radius 3 is 2.45 bits per heavy atom. The van der Waals surface area contributed by atoms with Crippen LogP contribution in [0.2, 0.25) is 0 Å². The molecular formula is C16H15N3O3. The van der Waals surface area contributed by atoms with Crippen LogP contribution in [-0.4, -0.2) is 25.9 Å². The van der Waals surface area contributed by atoms with E-state index in [1.807, 2.05) is 20.2 Å². The monoisotopic (exact) mass is 297 g/mol. The molecule has 0 radical (unpaired) electrons. The van der Waals surface area contributed by atoms with Gasteiger partial charge in [0, 0.05) is 20.2 Å². The van der Waals surface area contributed by atoms with Crippen molar-refractivity contribution in [3.63, 3.8) is 0 Å². The number of hydrogen-bond acceptors (Lipinski definition) is 4. The molecule has 2 heterocycles. The average molecular weight is 297 g/mol. The zero-order valence-corrected chi connectivity index (χ0v) is 12.2. The van der Waals surface area contributed by atoms with Crippen molar-refractivity contribution in [1.82, 2.24) is 5.43 Å². The molecule has 22 heavy (non-hydrogen) atoms. The molecule has 6 nitrogen and oxygen atoms in total. The van der Waals surface area contributed by atoms with Crippen molar-refractivity contribution < 1.29 is 14.0 Å². The molecular weight excluding hydrogens is 282 g/mol. The summed E-state index contributed by atoms with van der Waals surface area (Å²) in [5.41, 5.74) is 3.20. The second-order valence-electron chi connectivity index (χ2n) is 5.05. The minimum absolute atomic E-state index is 0.0449. The van der Waals surface area contributed by atoms with E-state index in [0.717, 1.165) is 0 Å². The van der Waals surface area contributed by atoms with Crippen LogP contribution in [0.4, 0.5) is 11.6 Å². The first-order valence-electron chi connectivity index (χ1n) is 6.75. The van der Waals surface area contributed by atoms with Crippen LogP contribution in [0.5, 0.6) is 0 Å². The van der Waals surface area contributed by atoms with Gasteiger partial charge in [0.05, 0.1) is 5.69 Å². The molecule has 0 bridgehead atoms. The average Bonchev–Trinajstić information content (AvgIpc) is 3.09. The van der Waals surface area contributed by atoms with Crippen molar-refractivity contribution in [1.29, 1.82) is 0 Å². The Morgan fingerprint density at radius 1 is 1.09 bits per heavy atom. The summed E-state index contributed by atoms with van der Waals surface area (Å²) in [4.78, 5) is 26.2. The van der Waals surface area contributed by atoms with Gasteiger partial charge in [-0.25, -0.2) is 5.01 Å². The third-order valence-corrected chi connectivity index (χ3v) is 3.25. The fourth-order valence-corrected chi connectivity index (χ4v) is 2.12. The van der Waals surface area contributed by atoms with Crippen molar-refractivity contribution in [3.8, 4) is 0 Å². The Kier molecular flexibility index (Phi) is 3.42. The van der Waals surface area contributed by atoms with E-state index in [1.54, 1.807) is 41.3 Å². The number of nitrogens with one attached hydrogen (secondary N) is 1. The van der Waals surface area contributed by atoms with Crippen molar-refractivity contribution in [2.24, 2.45) is 0 Å². The van der Waals surface area contributed by atoms with E-state index in [1.165, 1.54) is 11.1 Å². The maximum Gasteiger partial charge on any atom is 0.282 e. The number of rotatable bonds is 3. The van der Waals surface area contributed by atoms with E-state index in [4.69, 9.17) is 4.42 Å². The second-order valence-corrected chi connectivity index (χ2v) is 5.05. The molecule has 3 rings (SSSR count). The first-order valence-corrected chi connectivity index (χ1v) is 6.75. The molecule has 1 aliphatic rings. The van der Waals surface area contributed by atoms with Crippen LogP contribution in [0.15, 0.2) is 52.5 Å². The number of benzene rings is 1. The highest BCUT2D eigenvalue weighted by Gasteiger charge is 2.34. The Morgan fingerprint density at radius 2 is 1.82 bits per heavy atom. The third-order valence-electron chi connectivity index (χ3n) is 3.25. The van der Waals surface area contributed by atoms with Gasteiger partial charge in [-0.05, 0) is 24.3 Å². The van der Waals surface area contributed by atoms with Crippen LogP contribution in [0, 0.1) is 0 Å². The van der Waals surface area contributed by atoms with Crippen molar-refractivity contribution in [2.45, 2.75) is 0 Å². The molecule has 1 aromatic heterocycles. The smallest absolute Gasteiger partial charge is 0.282 e. The van der Waals surface area contributed by atoms with Gasteiger partial charge in [-0.15, -0.1) is 0 Å². The van der Waals surface area contributed by atoms with Gasteiger partial charge in [0.2, 0.25) is 0 Å². The van der Waals surface area contributed by atoms with Gasteiger partial charge in [-0.2, -0.15) is 0 Å².